The first-order valence-electron chi connectivity index (χ1n) is 11.0. The molecule has 9 nitrogen and oxygen atoms in total. The van der Waals surface area contributed by atoms with Gasteiger partial charge in [-0.05, 0) is 36.8 Å². The Morgan fingerprint density at radius 2 is 1.70 bits per heavy atom. The molecule has 2 atom stereocenters. The number of fused-ring (bicyclic) bond motifs is 2. The number of aromatic nitrogens is 1. The molecule has 0 aliphatic carbocycles. The van der Waals surface area contributed by atoms with E-state index in [0.29, 0.717) is 55.8 Å². The van der Waals surface area contributed by atoms with E-state index in [0.717, 1.165) is 0 Å². The maximum absolute atomic E-state index is 13.1. The van der Waals surface area contributed by atoms with E-state index in [1.165, 1.54) is 7.11 Å². The van der Waals surface area contributed by atoms with Gasteiger partial charge in [-0.1, -0.05) is 6.07 Å². The summed E-state index contributed by atoms with van der Waals surface area (Å²) in [4.78, 5) is 48.0. The summed E-state index contributed by atoms with van der Waals surface area (Å²) in [5.74, 6) is -0.743. The number of aliphatic hydroxyl groups is 1. The summed E-state index contributed by atoms with van der Waals surface area (Å²) in [6.45, 7) is 2.47. The van der Waals surface area contributed by atoms with Gasteiger partial charge < -0.3 is 19.6 Å². The fraction of sp³-hybridized carbons (Fsp3) is 0.417. The number of nitrogens with zero attached hydrogens (tertiary/aromatic N) is 4. The topological polar surface area (TPSA) is 103 Å². The van der Waals surface area contributed by atoms with Gasteiger partial charge in [0.25, 0.3) is 11.8 Å². The maximum Gasteiger partial charge on any atom is 0.337 e. The Kier molecular flexibility index (Phi) is 5.38. The average Bonchev–Trinajstić information content (AvgIpc) is 3.21. The molecule has 172 valence electrons. The Hall–Kier alpha value is -3.30. The van der Waals surface area contributed by atoms with Gasteiger partial charge >= 0.3 is 5.97 Å². The number of β-amino-alcohol motifs (C(OH)–C–C–N with tert-alkyl or cyclic N) is 1. The number of benzene rings is 1. The average molecular weight is 450 g/mol. The van der Waals surface area contributed by atoms with E-state index in [9.17, 15) is 19.5 Å². The number of amides is 2. The van der Waals surface area contributed by atoms with Crippen molar-refractivity contribution >= 4 is 17.8 Å². The molecule has 3 aliphatic heterocycles. The van der Waals surface area contributed by atoms with Crippen molar-refractivity contribution in [2.45, 2.75) is 24.1 Å². The highest BCUT2D eigenvalue weighted by Crippen LogP contribution is 2.39. The molecular weight excluding hydrogens is 424 g/mol. The van der Waals surface area contributed by atoms with Crippen LogP contribution in [0.2, 0.25) is 0 Å². The van der Waals surface area contributed by atoms with Gasteiger partial charge in [0.05, 0.1) is 29.9 Å². The van der Waals surface area contributed by atoms with Crippen LogP contribution in [0.3, 0.4) is 0 Å². The predicted molar refractivity (Wildman–Crippen MR) is 118 cm³/mol. The zero-order valence-electron chi connectivity index (χ0n) is 18.4. The van der Waals surface area contributed by atoms with Gasteiger partial charge in [-0.15, -0.1) is 0 Å². The molecule has 0 saturated carbocycles. The number of rotatable bonds is 3. The van der Waals surface area contributed by atoms with Crippen LogP contribution in [0.5, 0.6) is 0 Å². The van der Waals surface area contributed by atoms with Crippen LogP contribution in [0.1, 0.15) is 37.5 Å². The Morgan fingerprint density at radius 1 is 1.00 bits per heavy atom. The SMILES string of the molecule is COC(=O)c1cccc(C(=O)N2CC3(CN(C(=O)c4cccnc4)CC4CC(O)CN43)C2)c1. The van der Waals surface area contributed by atoms with Crippen molar-refractivity contribution in [3.8, 4) is 0 Å². The second kappa shape index (κ2) is 8.24. The van der Waals surface area contributed by atoms with Crippen LogP contribution < -0.4 is 0 Å². The third-order valence-electron chi connectivity index (χ3n) is 6.90. The van der Waals surface area contributed by atoms with Crippen LogP contribution >= 0.6 is 0 Å². The number of carbonyl (C=O) groups is 3. The van der Waals surface area contributed by atoms with Crippen molar-refractivity contribution in [3.63, 3.8) is 0 Å². The number of likely N-dealkylation sites (tertiary alicyclic amines) is 1. The fourth-order valence-electron chi connectivity index (χ4n) is 5.41. The van der Waals surface area contributed by atoms with Gasteiger partial charge in [0.15, 0.2) is 0 Å². The zero-order valence-corrected chi connectivity index (χ0v) is 18.4. The van der Waals surface area contributed by atoms with Crippen molar-refractivity contribution < 1.29 is 24.2 Å². The number of esters is 1. The quantitative estimate of drug-likeness (QED) is 0.685. The normalized spacial score (nSPS) is 23.7. The van der Waals surface area contributed by atoms with Gasteiger partial charge in [-0.2, -0.15) is 0 Å². The minimum atomic E-state index is -0.490. The standard InChI is InChI=1S/C24H26N4O5/c1-33-23(32)17-5-2-4-16(8-17)21(30)27-14-24(15-27)13-26(11-19-9-20(29)12-28(19)24)22(31)18-6-3-7-25-10-18/h2-8,10,19-20,29H,9,11-15H2,1H3. The molecule has 3 fully saturated rings. The molecule has 0 bridgehead atoms. The van der Waals surface area contributed by atoms with Gasteiger partial charge in [0.2, 0.25) is 0 Å². The number of hydrogen-bond donors (Lipinski definition) is 1. The highest BCUT2D eigenvalue weighted by atomic mass is 16.5. The molecule has 1 aromatic heterocycles. The highest BCUT2D eigenvalue weighted by Gasteiger charge is 2.57. The number of hydrogen-bond acceptors (Lipinski definition) is 7. The molecule has 0 radical (unpaired) electrons. The molecule has 4 heterocycles. The zero-order chi connectivity index (χ0) is 23.2. The lowest BCUT2D eigenvalue weighted by Gasteiger charge is -2.60. The summed E-state index contributed by atoms with van der Waals surface area (Å²) in [5.41, 5.74) is 0.886. The number of piperazine rings is 1. The van der Waals surface area contributed by atoms with Crippen molar-refractivity contribution in [2.24, 2.45) is 0 Å². The molecule has 3 saturated heterocycles. The number of methoxy groups -OCH3 is 1. The van der Waals surface area contributed by atoms with Gasteiger partial charge in [-0.25, -0.2) is 4.79 Å². The monoisotopic (exact) mass is 450 g/mol. The van der Waals surface area contributed by atoms with Crippen LogP contribution in [0.4, 0.5) is 0 Å². The number of aliphatic hydroxyl groups excluding tert-OH is 1. The van der Waals surface area contributed by atoms with Gasteiger partial charge in [0, 0.05) is 56.7 Å². The molecule has 1 aromatic carbocycles. The fourth-order valence-corrected chi connectivity index (χ4v) is 5.41. The van der Waals surface area contributed by atoms with E-state index in [4.69, 9.17) is 4.74 Å². The summed E-state index contributed by atoms with van der Waals surface area (Å²) in [6.07, 6.45) is 3.36. The van der Waals surface area contributed by atoms with Crippen molar-refractivity contribution in [3.05, 3.63) is 65.5 Å². The van der Waals surface area contributed by atoms with Crippen LogP contribution in [0.15, 0.2) is 48.8 Å². The smallest absolute Gasteiger partial charge is 0.337 e. The molecule has 2 aromatic rings. The largest absolute Gasteiger partial charge is 0.465 e. The molecule has 9 heteroatoms. The molecular formula is C24H26N4O5. The van der Waals surface area contributed by atoms with E-state index in [1.807, 2.05) is 4.90 Å². The van der Waals surface area contributed by atoms with E-state index < -0.39 is 17.6 Å². The molecule has 1 N–H and O–H groups in total. The van der Waals surface area contributed by atoms with E-state index in [2.05, 4.69) is 9.88 Å². The summed E-state index contributed by atoms with van der Waals surface area (Å²) in [7, 11) is 1.30. The molecule has 5 rings (SSSR count). The minimum Gasteiger partial charge on any atom is -0.465 e. The number of pyridine rings is 1. The number of ether oxygens (including phenoxy) is 1. The number of carbonyl (C=O) groups excluding carboxylic acids is 3. The van der Waals surface area contributed by atoms with Crippen LogP contribution in [0, 0.1) is 0 Å². The molecule has 3 aliphatic rings. The lowest BCUT2D eigenvalue weighted by molar-refractivity contribution is -0.0917. The van der Waals surface area contributed by atoms with Gasteiger partial charge in [0.1, 0.15) is 0 Å². The molecule has 1 spiro atoms. The predicted octanol–water partition coefficient (Wildman–Crippen LogP) is 0.654. The second-order valence-electron chi connectivity index (χ2n) is 9.08. The summed E-state index contributed by atoms with van der Waals surface area (Å²) in [6, 6.07) is 10.0. The van der Waals surface area contributed by atoms with Gasteiger partial charge in [-0.3, -0.25) is 19.5 Å². The first-order chi connectivity index (χ1) is 15.9. The lowest BCUT2D eigenvalue weighted by atomic mass is 9.83. The third-order valence-corrected chi connectivity index (χ3v) is 6.90. The van der Waals surface area contributed by atoms with Crippen molar-refractivity contribution in [1.82, 2.24) is 19.7 Å². The Balaban J connectivity index is 1.35. The maximum atomic E-state index is 13.1. The first-order valence-corrected chi connectivity index (χ1v) is 11.0. The Bertz CT molecular complexity index is 1090. The van der Waals surface area contributed by atoms with Crippen LogP contribution in [-0.4, -0.2) is 100 Å². The van der Waals surface area contributed by atoms with Crippen molar-refractivity contribution in [2.75, 3.05) is 39.8 Å². The second-order valence-corrected chi connectivity index (χ2v) is 9.08. The summed E-state index contributed by atoms with van der Waals surface area (Å²) >= 11 is 0. The summed E-state index contributed by atoms with van der Waals surface area (Å²) in [5, 5.41) is 10.3. The molecule has 33 heavy (non-hydrogen) atoms. The third kappa shape index (κ3) is 3.77. The first kappa shape index (κ1) is 21.5. The summed E-state index contributed by atoms with van der Waals surface area (Å²) < 4.78 is 4.75. The van der Waals surface area contributed by atoms with E-state index in [-0.39, 0.29) is 17.9 Å². The van der Waals surface area contributed by atoms with Crippen molar-refractivity contribution in [1.29, 1.82) is 0 Å². The minimum absolute atomic E-state index is 0.0503. The lowest BCUT2D eigenvalue weighted by Crippen LogP contribution is -2.79. The Labute approximate surface area is 191 Å². The van der Waals surface area contributed by atoms with Crippen LogP contribution in [0.25, 0.3) is 0 Å². The van der Waals surface area contributed by atoms with E-state index >= 15 is 0 Å². The molecule has 2 unspecified atom stereocenters. The highest BCUT2D eigenvalue weighted by molar-refractivity contribution is 5.98. The van der Waals surface area contributed by atoms with Crippen LogP contribution in [-0.2, 0) is 4.74 Å². The molecule has 2 amide bonds. The van der Waals surface area contributed by atoms with E-state index in [1.54, 1.807) is 53.7 Å². The Morgan fingerprint density at radius 3 is 2.42 bits per heavy atom.